The van der Waals surface area contributed by atoms with Crippen LogP contribution in [0.15, 0.2) is 54.6 Å². The zero-order valence-corrected chi connectivity index (χ0v) is 13.0. The molecule has 0 unspecified atom stereocenters. The van der Waals surface area contributed by atoms with Crippen LogP contribution in [-0.2, 0) is 11.3 Å². The van der Waals surface area contributed by atoms with Gasteiger partial charge in [-0.05, 0) is 32.0 Å². The summed E-state index contributed by atoms with van der Waals surface area (Å²) in [7, 11) is 0. The molecule has 22 heavy (non-hydrogen) atoms. The Morgan fingerprint density at radius 3 is 2.41 bits per heavy atom. The van der Waals surface area contributed by atoms with Gasteiger partial charge in [0.25, 0.3) is 0 Å². The predicted molar refractivity (Wildman–Crippen MR) is 88.9 cm³/mol. The first-order valence-corrected chi connectivity index (χ1v) is 7.49. The number of phenols is 1. The fourth-order valence-electron chi connectivity index (χ4n) is 2.36. The Morgan fingerprint density at radius 1 is 1.14 bits per heavy atom. The molecule has 0 spiro atoms. The van der Waals surface area contributed by atoms with E-state index < -0.39 is 0 Å². The molecular weight excluding hydrogens is 276 g/mol. The van der Waals surface area contributed by atoms with Crippen molar-refractivity contribution in [2.45, 2.75) is 26.4 Å². The number of phenolic OH excluding ortho intramolecular Hbond substituents is 1. The van der Waals surface area contributed by atoms with Gasteiger partial charge in [0.2, 0.25) is 5.91 Å². The van der Waals surface area contributed by atoms with E-state index in [-0.39, 0.29) is 17.7 Å². The molecule has 2 rings (SSSR count). The number of benzene rings is 2. The summed E-state index contributed by atoms with van der Waals surface area (Å²) >= 11 is 0. The van der Waals surface area contributed by atoms with Crippen LogP contribution in [0.25, 0.3) is 0 Å². The molecule has 1 atom stereocenters. The highest BCUT2D eigenvalue weighted by Crippen LogP contribution is 2.24. The number of carbonyl (C=O) groups excluding carboxylic acids is 1. The summed E-state index contributed by atoms with van der Waals surface area (Å²) in [6.45, 7) is 4.84. The molecule has 0 saturated heterocycles. The smallest absolute Gasteiger partial charge is 0.242 e. The van der Waals surface area contributed by atoms with E-state index in [1.807, 2.05) is 61.2 Å². The second-order valence-electron chi connectivity index (χ2n) is 5.16. The SMILES string of the molecule is CCNC(=O)[C@H](C)N(Cc1ccccc1O)c1ccccc1. The quantitative estimate of drug-likeness (QED) is 0.862. The van der Waals surface area contributed by atoms with Crippen molar-refractivity contribution in [2.75, 3.05) is 11.4 Å². The zero-order chi connectivity index (χ0) is 15.9. The van der Waals surface area contributed by atoms with Crippen LogP contribution in [0.5, 0.6) is 5.75 Å². The van der Waals surface area contributed by atoms with Crippen LogP contribution in [0.4, 0.5) is 5.69 Å². The van der Waals surface area contributed by atoms with E-state index in [0.717, 1.165) is 11.3 Å². The van der Waals surface area contributed by atoms with Crippen molar-refractivity contribution in [2.24, 2.45) is 0 Å². The van der Waals surface area contributed by atoms with Crippen molar-refractivity contribution in [1.82, 2.24) is 5.32 Å². The van der Waals surface area contributed by atoms with Gasteiger partial charge in [-0.1, -0.05) is 36.4 Å². The first-order chi connectivity index (χ1) is 10.6. The van der Waals surface area contributed by atoms with Crippen LogP contribution >= 0.6 is 0 Å². The van der Waals surface area contributed by atoms with Crippen molar-refractivity contribution < 1.29 is 9.90 Å². The average Bonchev–Trinajstić information content (AvgIpc) is 2.54. The monoisotopic (exact) mass is 298 g/mol. The highest BCUT2D eigenvalue weighted by Gasteiger charge is 2.22. The number of hydrogen-bond donors (Lipinski definition) is 2. The van der Waals surface area contributed by atoms with Gasteiger partial charge >= 0.3 is 0 Å². The normalized spacial score (nSPS) is 11.7. The first kappa shape index (κ1) is 15.9. The third-order valence-corrected chi connectivity index (χ3v) is 3.62. The number of carbonyl (C=O) groups is 1. The maximum atomic E-state index is 12.2. The minimum Gasteiger partial charge on any atom is -0.508 e. The predicted octanol–water partition coefficient (Wildman–Crippen LogP) is 2.92. The van der Waals surface area contributed by atoms with Gasteiger partial charge in [-0.25, -0.2) is 0 Å². The summed E-state index contributed by atoms with van der Waals surface area (Å²) in [5.41, 5.74) is 1.74. The van der Waals surface area contributed by atoms with Crippen molar-refractivity contribution in [3.8, 4) is 5.75 Å². The molecule has 0 aliphatic rings. The molecule has 4 heteroatoms. The third kappa shape index (κ3) is 3.79. The second-order valence-corrected chi connectivity index (χ2v) is 5.16. The van der Waals surface area contributed by atoms with E-state index in [4.69, 9.17) is 0 Å². The molecule has 0 radical (unpaired) electrons. The molecule has 1 amide bonds. The number of nitrogens with zero attached hydrogens (tertiary/aromatic N) is 1. The Balaban J connectivity index is 2.30. The lowest BCUT2D eigenvalue weighted by molar-refractivity contribution is -0.122. The van der Waals surface area contributed by atoms with Crippen LogP contribution in [-0.4, -0.2) is 23.6 Å². The van der Waals surface area contributed by atoms with E-state index in [1.165, 1.54) is 0 Å². The molecule has 2 N–H and O–H groups in total. The molecule has 4 nitrogen and oxygen atoms in total. The molecular formula is C18H22N2O2. The minimum absolute atomic E-state index is 0.0261. The number of likely N-dealkylation sites (N-methyl/N-ethyl adjacent to an activating group) is 1. The Labute approximate surface area is 131 Å². The molecule has 0 bridgehead atoms. The maximum absolute atomic E-state index is 12.2. The van der Waals surface area contributed by atoms with Crippen LogP contribution in [0.1, 0.15) is 19.4 Å². The van der Waals surface area contributed by atoms with E-state index >= 15 is 0 Å². The van der Waals surface area contributed by atoms with Gasteiger partial charge in [0.1, 0.15) is 11.8 Å². The van der Waals surface area contributed by atoms with E-state index in [9.17, 15) is 9.90 Å². The number of para-hydroxylation sites is 2. The van der Waals surface area contributed by atoms with Gasteiger partial charge in [0.15, 0.2) is 0 Å². The van der Waals surface area contributed by atoms with Crippen LogP contribution < -0.4 is 10.2 Å². The van der Waals surface area contributed by atoms with E-state index in [0.29, 0.717) is 13.1 Å². The number of rotatable bonds is 6. The fourth-order valence-corrected chi connectivity index (χ4v) is 2.36. The molecule has 0 aromatic heterocycles. The third-order valence-electron chi connectivity index (χ3n) is 3.62. The number of hydrogen-bond acceptors (Lipinski definition) is 3. The summed E-state index contributed by atoms with van der Waals surface area (Å²) in [5.74, 6) is 0.216. The Bertz CT molecular complexity index is 613. The standard InChI is InChI=1S/C18H22N2O2/c1-3-19-18(22)14(2)20(16-10-5-4-6-11-16)13-15-9-7-8-12-17(15)21/h4-12,14,21H,3,13H2,1-2H3,(H,19,22)/t14-/m0/s1. The Kier molecular flexibility index (Phi) is 5.42. The van der Waals surface area contributed by atoms with Crippen LogP contribution in [0.2, 0.25) is 0 Å². The van der Waals surface area contributed by atoms with Crippen LogP contribution in [0, 0.1) is 0 Å². The fraction of sp³-hybridized carbons (Fsp3) is 0.278. The summed E-state index contributed by atoms with van der Waals surface area (Å²) in [6, 6.07) is 16.6. The Morgan fingerprint density at radius 2 is 1.77 bits per heavy atom. The van der Waals surface area contributed by atoms with Crippen LogP contribution in [0.3, 0.4) is 0 Å². The van der Waals surface area contributed by atoms with E-state index in [2.05, 4.69) is 5.32 Å². The number of anilines is 1. The van der Waals surface area contributed by atoms with Gasteiger partial charge in [0, 0.05) is 24.3 Å². The topological polar surface area (TPSA) is 52.6 Å². The zero-order valence-electron chi connectivity index (χ0n) is 13.0. The average molecular weight is 298 g/mol. The maximum Gasteiger partial charge on any atom is 0.242 e. The van der Waals surface area contributed by atoms with E-state index in [1.54, 1.807) is 12.1 Å². The summed E-state index contributed by atoms with van der Waals surface area (Å²) in [5, 5.41) is 12.9. The summed E-state index contributed by atoms with van der Waals surface area (Å²) in [4.78, 5) is 14.2. The van der Waals surface area contributed by atoms with Gasteiger partial charge in [0.05, 0.1) is 0 Å². The lowest BCUT2D eigenvalue weighted by Crippen LogP contribution is -2.45. The number of amides is 1. The molecule has 2 aromatic rings. The van der Waals surface area contributed by atoms with Crippen molar-refractivity contribution >= 4 is 11.6 Å². The molecule has 0 aliphatic heterocycles. The van der Waals surface area contributed by atoms with Crippen molar-refractivity contribution in [3.05, 3.63) is 60.2 Å². The number of aromatic hydroxyl groups is 1. The highest BCUT2D eigenvalue weighted by atomic mass is 16.3. The van der Waals surface area contributed by atoms with Crippen molar-refractivity contribution in [1.29, 1.82) is 0 Å². The molecule has 0 aliphatic carbocycles. The molecule has 0 heterocycles. The largest absolute Gasteiger partial charge is 0.508 e. The lowest BCUT2D eigenvalue weighted by Gasteiger charge is -2.30. The summed E-state index contributed by atoms with van der Waals surface area (Å²) in [6.07, 6.45) is 0. The molecule has 2 aromatic carbocycles. The lowest BCUT2D eigenvalue weighted by atomic mass is 10.1. The van der Waals surface area contributed by atoms with Gasteiger partial charge < -0.3 is 15.3 Å². The minimum atomic E-state index is -0.332. The molecule has 116 valence electrons. The molecule has 0 saturated carbocycles. The highest BCUT2D eigenvalue weighted by molar-refractivity contribution is 5.84. The van der Waals surface area contributed by atoms with Gasteiger partial charge in [-0.3, -0.25) is 4.79 Å². The second kappa shape index (κ2) is 7.50. The molecule has 0 fully saturated rings. The first-order valence-electron chi connectivity index (χ1n) is 7.49. The van der Waals surface area contributed by atoms with Gasteiger partial charge in [-0.2, -0.15) is 0 Å². The number of nitrogens with one attached hydrogen (secondary N) is 1. The van der Waals surface area contributed by atoms with Crippen molar-refractivity contribution in [3.63, 3.8) is 0 Å². The Hall–Kier alpha value is -2.49. The summed E-state index contributed by atoms with van der Waals surface area (Å²) < 4.78 is 0. The van der Waals surface area contributed by atoms with Gasteiger partial charge in [-0.15, -0.1) is 0 Å².